The van der Waals surface area contributed by atoms with Gasteiger partial charge in [0.15, 0.2) is 0 Å². The highest BCUT2D eigenvalue weighted by molar-refractivity contribution is 6.33. The number of carbonyl (C=O) groups is 1. The van der Waals surface area contributed by atoms with Crippen LogP contribution in [0.25, 0.3) is 0 Å². The maximum atomic E-state index is 11.5. The van der Waals surface area contributed by atoms with Crippen molar-refractivity contribution in [3.63, 3.8) is 0 Å². The van der Waals surface area contributed by atoms with Crippen LogP contribution in [0.1, 0.15) is 16.1 Å². The lowest BCUT2D eigenvalue weighted by Crippen LogP contribution is -2.10. The van der Waals surface area contributed by atoms with Crippen LogP contribution in [0.15, 0.2) is 34.9 Å². The zero-order valence-corrected chi connectivity index (χ0v) is 12.9. The molecule has 0 fully saturated rings. The molecule has 2 aromatic rings. The van der Waals surface area contributed by atoms with Crippen molar-refractivity contribution in [2.45, 2.75) is 6.54 Å². The van der Waals surface area contributed by atoms with E-state index in [4.69, 9.17) is 16.0 Å². The number of furan rings is 1. The third-order valence-electron chi connectivity index (χ3n) is 3.03. The summed E-state index contributed by atoms with van der Waals surface area (Å²) in [7, 11) is 5.19. The first-order chi connectivity index (χ1) is 10.0. The highest BCUT2D eigenvalue weighted by Crippen LogP contribution is 2.27. The molecule has 2 rings (SSSR count). The number of hydrogen-bond acceptors (Lipinski definition) is 5. The molecule has 0 amide bonds. The molecule has 1 heterocycles. The normalized spacial score (nSPS) is 10.3. The Morgan fingerprint density at radius 2 is 2.14 bits per heavy atom. The van der Waals surface area contributed by atoms with Crippen LogP contribution in [0.4, 0.5) is 11.4 Å². The molecule has 1 aromatic carbocycles. The summed E-state index contributed by atoms with van der Waals surface area (Å²) in [5.41, 5.74) is 2.54. The molecular formula is C15H17ClN2O3. The quantitative estimate of drug-likeness (QED) is 0.858. The van der Waals surface area contributed by atoms with E-state index in [0.717, 1.165) is 16.9 Å². The van der Waals surface area contributed by atoms with Crippen molar-refractivity contribution < 1.29 is 13.9 Å². The van der Waals surface area contributed by atoms with Crippen molar-refractivity contribution in [3.8, 4) is 0 Å². The predicted molar refractivity (Wildman–Crippen MR) is 83.2 cm³/mol. The van der Waals surface area contributed by atoms with E-state index in [1.54, 1.807) is 6.07 Å². The Morgan fingerprint density at radius 1 is 1.38 bits per heavy atom. The van der Waals surface area contributed by atoms with Gasteiger partial charge in [-0.1, -0.05) is 11.6 Å². The van der Waals surface area contributed by atoms with E-state index in [-0.39, 0.29) is 5.76 Å². The number of nitrogens with zero attached hydrogens (tertiary/aromatic N) is 1. The van der Waals surface area contributed by atoms with Crippen molar-refractivity contribution in [1.29, 1.82) is 0 Å². The average Bonchev–Trinajstić information content (AvgIpc) is 2.92. The van der Waals surface area contributed by atoms with Crippen LogP contribution < -0.4 is 10.2 Å². The Balaban J connectivity index is 2.09. The summed E-state index contributed by atoms with van der Waals surface area (Å²) < 4.78 is 9.79. The Kier molecular flexibility index (Phi) is 4.75. The minimum atomic E-state index is -0.488. The summed E-state index contributed by atoms with van der Waals surface area (Å²) in [5, 5.41) is 3.86. The summed E-state index contributed by atoms with van der Waals surface area (Å²) in [6.45, 7) is 0.443. The van der Waals surface area contributed by atoms with E-state index in [1.807, 2.05) is 37.2 Å². The number of carbonyl (C=O) groups excluding carboxylic acids is 1. The number of nitrogens with one attached hydrogen (secondary N) is 1. The number of hydrogen-bond donors (Lipinski definition) is 1. The fraction of sp³-hybridized carbons (Fsp3) is 0.267. The van der Waals surface area contributed by atoms with Crippen LogP contribution in [0.2, 0.25) is 5.02 Å². The molecule has 21 heavy (non-hydrogen) atoms. The van der Waals surface area contributed by atoms with Crippen LogP contribution in [0.3, 0.4) is 0 Å². The molecule has 0 bridgehead atoms. The van der Waals surface area contributed by atoms with Gasteiger partial charge >= 0.3 is 5.97 Å². The van der Waals surface area contributed by atoms with Crippen LogP contribution in [-0.2, 0) is 11.3 Å². The van der Waals surface area contributed by atoms with Gasteiger partial charge in [0.05, 0.1) is 24.1 Å². The first-order valence-electron chi connectivity index (χ1n) is 6.38. The Morgan fingerprint density at radius 3 is 2.76 bits per heavy atom. The molecule has 1 aromatic heterocycles. The molecule has 0 atom stereocenters. The molecule has 0 aliphatic heterocycles. The second kappa shape index (κ2) is 6.54. The number of methoxy groups -OCH3 is 1. The fourth-order valence-corrected chi connectivity index (χ4v) is 2.27. The summed E-state index contributed by atoms with van der Waals surface area (Å²) >= 11 is 6.21. The van der Waals surface area contributed by atoms with Crippen LogP contribution in [0.5, 0.6) is 0 Å². The topological polar surface area (TPSA) is 54.7 Å². The van der Waals surface area contributed by atoms with E-state index in [9.17, 15) is 4.79 Å². The van der Waals surface area contributed by atoms with Gasteiger partial charge < -0.3 is 19.4 Å². The van der Waals surface area contributed by atoms with E-state index in [2.05, 4.69) is 10.1 Å². The largest absolute Gasteiger partial charge is 0.463 e. The van der Waals surface area contributed by atoms with Gasteiger partial charge in [-0.25, -0.2) is 4.79 Å². The van der Waals surface area contributed by atoms with Gasteiger partial charge in [0, 0.05) is 31.9 Å². The van der Waals surface area contributed by atoms with Crippen molar-refractivity contribution in [3.05, 3.63) is 46.9 Å². The number of halogens is 1. The molecule has 112 valence electrons. The molecule has 1 N–H and O–H groups in total. The van der Waals surface area contributed by atoms with Gasteiger partial charge in [-0.3, -0.25) is 0 Å². The molecule has 0 spiro atoms. The summed E-state index contributed by atoms with van der Waals surface area (Å²) in [5.74, 6) is -0.279. The minimum absolute atomic E-state index is 0.209. The van der Waals surface area contributed by atoms with Crippen molar-refractivity contribution in [1.82, 2.24) is 0 Å². The first kappa shape index (κ1) is 15.3. The van der Waals surface area contributed by atoms with Crippen LogP contribution >= 0.6 is 11.6 Å². The fourth-order valence-electron chi connectivity index (χ4n) is 1.92. The second-order valence-corrected chi connectivity index (χ2v) is 5.09. The monoisotopic (exact) mass is 308 g/mol. The number of ether oxygens (including phenoxy) is 1. The lowest BCUT2D eigenvalue weighted by atomic mass is 10.2. The molecule has 5 nitrogen and oxygen atoms in total. The van der Waals surface area contributed by atoms with E-state index in [1.165, 1.54) is 13.4 Å². The van der Waals surface area contributed by atoms with E-state index < -0.39 is 5.97 Å². The molecule has 6 heteroatoms. The van der Waals surface area contributed by atoms with E-state index in [0.29, 0.717) is 11.6 Å². The number of anilines is 2. The van der Waals surface area contributed by atoms with Gasteiger partial charge in [-0.15, -0.1) is 0 Å². The van der Waals surface area contributed by atoms with Gasteiger partial charge in [-0.05, 0) is 24.3 Å². The average molecular weight is 309 g/mol. The summed E-state index contributed by atoms with van der Waals surface area (Å²) in [6.07, 6.45) is 1.46. The molecular weight excluding hydrogens is 292 g/mol. The number of esters is 1. The first-order valence-corrected chi connectivity index (χ1v) is 6.76. The smallest absolute Gasteiger partial charge is 0.374 e. The summed E-state index contributed by atoms with van der Waals surface area (Å²) in [6, 6.07) is 7.43. The zero-order chi connectivity index (χ0) is 15.4. The zero-order valence-electron chi connectivity index (χ0n) is 12.1. The number of benzene rings is 1. The number of rotatable bonds is 5. The maximum Gasteiger partial charge on any atom is 0.374 e. The molecule has 0 aliphatic carbocycles. The lowest BCUT2D eigenvalue weighted by Gasteiger charge is -2.15. The highest BCUT2D eigenvalue weighted by atomic mass is 35.5. The van der Waals surface area contributed by atoms with Gasteiger partial charge in [-0.2, -0.15) is 0 Å². The Labute approximate surface area is 128 Å². The van der Waals surface area contributed by atoms with Gasteiger partial charge in [0.2, 0.25) is 5.76 Å². The predicted octanol–water partition coefficient (Wildman–Crippen LogP) is 3.40. The van der Waals surface area contributed by atoms with Gasteiger partial charge in [0.1, 0.15) is 0 Å². The highest BCUT2D eigenvalue weighted by Gasteiger charge is 2.15. The third kappa shape index (κ3) is 3.49. The Hall–Kier alpha value is -2.14. The third-order valence-corrected chi connectivity index (χ3v) is 3.33. The molecule has 0 saturated carbocycles. The minimum Gasteiger partial charge on any atom is -0.463 e. The Bertz CT molecular complexity index is 638. The lowest BCUT2D eigenvalue weighted by molar-refractivity contribution is 0.0563. The second-order valence-electron chi connectivity index (χ2n) is 4.68. The van der Waals surface area contributed by atoms with Crippen LogP contribution in [-0.4, -0.2) is 27.2 Å². The SMILES string of the molecule is COC(=O)c1occc1CNc1ccc(N(C)C)c(Cl)c1. The van der Waals surface area contributed by atoms with Crippen molar-refractivity contribution in [2.75, 3.05) is 31.4 Å². The summed E-state index contributed by atoms with van der Waals surface area (Å²) in [4.78, 5) is 13.5. The maximum absolute atomic E-state index is 11.5. The molecule has 0 saturated heterocycles. The van der Waals surface area contributed by atoms with Crippen molar-refractivity contribution in [2.24, 2.45) is 0 Å². The molecule has 0 aliphatic rings. The van der Waals surface area contributed by atoms with Crippen molar-refractivity contribution >= 4 is 28.9 Å². The standard InChI is InChI=1S/C15H17ClN2O3/c1-18(2)13-5-4-11(8-12(13)16)17-9-10-6-7-21-14(10)15(19)20-3/h4-8,17H,9H2,1-3H3. The molecule has 0 radical (unpaired) electrons. The van der Waals surface area contributed by atoms with Crippen LogP contribution in [0, 0.1) is 0 Å². The van der Waals surface area contributed by atoms with E-state index >= 15 is 0 Å². The van der Waals surface area contributed by atoms with Gasteiger partial charge in [0.25, 0.3) is 0 Å². The molecule has 0 unspecified atom stereocenters.